The molecule has 1 aromatic heterocycles. The van der Waals surface area contributed by atoms with E-state index in [4.69, 9.17) is 4.74 Å². The number of carbonyl (C=O) groups is 1. The Morgan fingerprint density at radius 2 is 2.40 bits per heavy atom. The smallest absolute Gasteiger partial charge is 0.236 e. The van der Waals surface area contributed by atoms with Gasteiger partial charge >= 0.3 is 0 Å². The Kier molecular flexibility index (Phi) is 4.38. The molecule has 0 N–H and O–H groups in total. The second-order valence-electron chi connectivity index (χ2n) is 5.67. The summed E-state index contributed by atoms with van der Waals surface area (Å²) < 4.78 is 5.50. The van der Waals surface area contributed by atoms with E-state index in [9.17, 15) is 4.79 Å². The zero-order valence-corrected chi connectivity index (χ0v) is 12.8. The molecule has 5 heteroatoms. The minimum absolute atomic E-state index is 0.166. The first kappa shape index (κ1) is 14.0. The van der Waals surface area contributed by atoms with Gasteiger partial charge in [-0.05, 0) is 37.8 Å². The molecular weight excluding hydrogens is 272 g/mol. The highest BCUT2D eigenvalue weighted by Crippen LogP contribution is 2.34. The van der Waals surface area contributed by atoms with Gasteiger partial charge in [0.25, 0.3) is 0 Å². The molecule has 2 aliphatic rings. The van der Waals surface area contributed by atoms with Gasteiger partial charge in [-0.2, -0.15) is 0 Å². The van der Waals surface area contributed by atoms with Gasteiger partial charge in [0.2, 0.25) is 5.91 Å². The second-order valence-corrected chi connectivity index (χ2v) is 6.64. The first-order chi connectivity index (χ1) is 9.74. The number of likely N-dealkylation sites (tertiary alicyclic amines) is 1. The predicted octanol–water partition coefficient (Wildman–Crippen LogP) is 2.13. The average molecular weight is 294 g/mol. The Morgan fingerprint density at radius 3 is 3.15 bits per heavy atom. The molecule has 0 aliphatic carbocycles. The predicted molar refractivity (Wildman–Crippen MR) is 79.9 cm³/mol. The molecule has 0 unspecified atom stereocenters. The van der Waals surface area contributed by atoms with Crippen molar-refractivity contribution < 1.29 is 9.53 Å². The number of amides is 1. The molecule has 1 amide bonds. The van der Waals surface area contributed by atoms with Crippen LogP contribution in [0, 0.1) is 0 Å². The summed E-state index contributed by atoms with van der Waals surface area (Å²) in [7, 11) is 0. The summed E-state index contributed by atoms with van der Waals surface area (Å²) >= 11 is 1.80. The fraction of sp³-hybridized carbons (Fsp3) is 0.667. The van der Waals surface area contributed by atoms with E-state index >= 15 is 0 Å². The van der Waals surface area contributed by atoms with Crippen molar-refractivity contribution in [1.29, 1.82) is 0 Å². The molecule has 0 spiro atoms. The van der Waals surface area contributed by atoms with Crippen LogP contribution in [-0.2, 0) is 9.53 Å². The van der Waals surface area contributed by atoms with Crippen molar-refractivity contribution in [3.05, 3.63) is 22.4 Å². The van der Waals surface area contributed by atoms with Crippen LogP contribution in [0.2, 0.25) is 0 Å². The molecule has 3 heterocycles. The number of ether oxygens (including phenoxy) is 1. The summed E-state index contributed by atoms with van der Waals surface area (Å²) in [6.07, 6.45) is 2.53. The third kappa shape index (κ3) is 3.05. The Hall–Kier alpha value is -0.910. The number of hydrogen-bond donors (Lipinski definition) is 0. The van der Waals surface area contributed by atoms with E-state index in [0.717, 1.165) is 19.6 Å². The Balaban J connectivity index is 1.60. The molecule has 2 atom stereocenters. The van der Waals surface area contributed by atoms with Crippen molar-refractivity contribution in [2.24, 2.45) is 0 Å². The van der Waals surface area contributed by atoms with E-state index in [1.807, 2.05) is 11.8 Å². The summed E-state index contributed by atoms with van der Waals surface area (Å²) in [4.78, 5) is 18.1. The minimum Gasteiger partial charge on any atom is -0.375 e. The minimum atomic E-state index is 0.166. The van der Waals surface area contributed by atoms with Gasteiger partial charge in [0.15, 0.2) is 0 Å². The highest BCUT2D eigenvalue weighted by atomic mass is 32.1. The number of thiophene rings is 1. The Bertz CT molecular complexity index is 449. The van der Waals surface area contributed by atoms with Crippen LogP contribution < -0.4 is 0 Å². The summed E-state index contributed by atoms with van der Waals surface area (Å²) in [6, 6.07) is 4.73. The van der Waals surface area contributed by atoms with Gasteiger partial charge in [0.05, 0.1) is 19.3 Å². The van der Waals surface area contributed by atoms with Crippen molar-refractivity contribution in [2.45, 2.75) is 31.9 Å². The fourth-order valence-electron chi connectivity index (χ4n) is 3.14. The quantitative estimate of drug-likeness (QED) is 0.856. The molecule has 0 saturated carbocycles. The number of morpholine rings is 1. The van der Waals surface area contributed by atoms with Crippen molar-refractivity contribution in [1.82, 2.24) is 9.80 Å². The monoisotopic (exact) mass is 294 g/mol. The molecule has 3 rings (SSSR count). The maximum Gasteiger partial charge on any atom is 0.236 e. The summed E-state index contributed by atoms with van der Waals surface area (Å²) in [5, 5.41) is 2.12. The third-order valence-corrected chi connectivity index (χ3v) is 5.14. The first-order valence-electron chi connectivity index (χ1n) is 7.41. The van der Waals surface area contributed by atoms with E-state index in [2.05, 4.69) is 22.4 Å². The van der Waals surface area contributed by atoms with Gasteiger partial charge in [-0.3, -0.25) is 9.69 Å². The molecule has 4 nitrogen and oxygen atoms in total. The molecule has 1 aromatic rings. The van der Waals surface area contributed by atoms with Gasteiger partial charge in [-0.25, -0.2) is 0 Å². The van der Waals surface area contributed by atoms with Crippen molar-refractivity contribution in [2.75, 3.05) is 32.8 Å². The van der Waals surface area contributed by atoms with E-state index < -0.39 is 0 Å². The Morgan fingerprint density at radius 1 is 1.50 bits per heavy atom. The second kappa shape index (κ2) is 6.24. The van der Waals surface area contributed by atoms with Crippen LogP contribution in [0.3, 0.4) is 0 Å². The van der Waals surface area contributed by atoms with Gasteiger partial charge in [-0.1, -0.05) is 6.07 Å². The summed E-state index contributed by atoms with van der Waals surface area (Å²) in [6.45, 7) is 5.76. The fourth-order valence-corrected chi connectivity index (χ4v) is 4.03. The van der Waals surface area contributed by atoms with E-state index in [0.29, 0.717) is 19.2 Å². The van der Waals surface area contributed by atoms with Crippen molar-refractivity contribution in [3.8, 4) is 0 Å². The van der Waals surface area contributed by atoms with Gasteiger partial charge < -0.3 is 9.64 Å². The van der Waals surface area contributed by atoms with Crippen LogP contribution in [0.5, 0.6) is 0 Å². The van der Waals surface area contributed by atoms with Crippen molar-refractivity contribution >= 4 is 17.2 Å². The Labute approximate surface area is 124 Å². The van der Waals surface area contributed by atoms with Crippen LogP contribution in [-0.4, -0.2) is 54.6 Å². The number of hydrogen-bond acceptors (Lipinski definition) is 4. The van der Waals surface area contributed by atoms with E-state index in [1.54, 1.807) is 11.3 Å². The topological polar surface area (TPSA) is 32.8 Å². The number of rotatable bonds is 3. The molecule has 2 fully saturated rings. The van der Waals surface area contributed by atoms with Crippen LogP contribution in [0.4, 0.5) is 0 Å². The zero-order valence-electron chi connectivity index (χ0n) is 12.0. The van der Waals surface area contributed by atoms with Gasteiger partial charge in [0.1, 0.15) is 0 Å². The van der Waals surface area contributed by atoms with Gasteiger partial charge in [-0.15, -0.1) is 11.3 Å². The molecule has 0 radical (unpaired) electrons. The average Bonchev–Trinajstić information content (AvgIpc) is 3.08. The molecule has 2 aliphatic heterocycles. The molecule has 0 aromatic carbocycles. The van der Waals surface area contributed by atoms with Crippen LogP contribution in [0.1, 0.15) is 30.7 Å². The number of nitrogens with zero attached hydrogens (tertiary/aromatic N) is 2. The highest BCUT2D eigenvalue weighted by molar-refractivity contribution is 7.10. The molecule has 2 saturated heterocycles. The van der Waals surface area contributed by atoms with Crippen LogP contribution in [0.25, 0.3) is 0 Å². The molecular formula is C15H22N2O2S. The van der Waals surface area contributed by atoms with Crippen LogP contribution >= 0.6 is 11.3 Å². The lowest BCUT2D eigenvalue weighted by atomic mass is 10.2. The molecule has 110 valence electrons. The third-order valence-electron chi connectivity index (χ3n) is 4.17. The lowest BCUT2D eigenvalue weighted by Gasteiger charge is -2.33. The van der Waals surface area contributed by atoms with E-state index in [-0.39, 0.29) is 12.0 Å². The maximum atomic E-state index is 12.4. The largest absolute Gasteiger partial charge is 0.375 e. The molecule has 0 bridgehead atoms. The lowest BCUT2D eigenvalue weighted by Crippen LogP contribution is -2.48. The standard InChI is InChI=1S/C15H22N2O2S/c1-12-10-17(7-8-19-12)15(18)11-16-6-2-4-13(16)14-5-3-9-20-14/h3,5,9,12-13H,2,4,6-8,10-11H2,1H3/t12-,13-/m0/s1. The van der Waals surface area contributed by atoms with Crippen molar-refractivity contribution in [3.63, 3.8) is 0 Å². The highest BCUT2D eigenvalue weighted by Gasteiger charge is 2.30. The zero-order chi connectivity index (χ0) is 13.9. The lowest BCUT2D eigenvalue weighted by molar-refractivity contribution is -0.139. The summed E-state index contributed by atoms with van der Waals surface area (Å²) in [5.74, 6) is 0.253. The van der Waals surface area contributed by atoms with Crippen LogP contribution in [0.15, 0.2) is 17.5 Å². The summed E-state index contributed by atoms with van der Waals surface area (Å²) in [5.41, 5.74) is 0. The molecule has 20 heavy (non-hydrogen) atoms. The number of carbonyl (C=O) groups excluding carboxylic acids is 1. The normalized spacial score (nSPS) is 27.9. The maximum absolute atomic E-state index is 12.4. The first-order valence-corrected chi connectivity index (χ1v) is 8.29. The SMILES string of the molecule is C[C@H]1CN(C(=O)CN2CCC[C@H]2c2cccs2)CCO1. The van der Waals surface area contributed by atoms with E-state index in [1.165, 1.54) is 17.7 Å². The van der Waals surface area contributed by atoms with Gasteiger partial charge in [0, 0.05) is 24.0 Å².